The van der Waals surface area contributed by atoms with E-state index in [1.165, 1.54) is 0 Å². The minimum absolute atomic E-state index is 0.622. The van der Waals surface area contributed by atoms with Gasteiger partial charge < -0.3 is 15.8 Å². The number of hydrogen-bond donors (Lipinski definition) is 2. The lowest BCUT2D eigenvalue weighted by Crippen LogP contribution is -1.96. The van der Waals surface area contributed by atoms with E-state index in [0.717, 1.165) is 20.3 Å². The fourth-order valence-electron chi connectivity index (χ4n) is 1.54. The molecule has 0 radical (unpaired) electrons. The fourth-order valence-corrected chi connectivity index (χ4v) is 2.24. The fraction of sp³-hybridized carbons (Fsp3) is 0.0769. The predicted molar refractivity (Wildman–Crippen MR) is 82.5 cm³/mol. The first kappa shape index (κ1) is 13.2. The molecule has 0 aliphatic heterocycles. The summed E-state index contributed by atoms with van der Waals surface area (Å²) in [4.78, 5) is 0. The zero-order chi connectivity index (χ0) is 13.1. The molecule has 0 spiro atoms. The van der Waals surface area contributed by atoms with E-state index in [9.17, 15) is 0 Å². The Kier molecular flexibility index (Phi) is 4.14. The number of rotatable bonds is 3. The van der Waals surface area contributed by atoms with E-state index >= 15 is 0 Å². The van der Waals surface area contributed by atoms with Crippen molar-refractivity contribution >= 4 is 48.9 Å². The minimum Gasteiger partial charge on any atom is -0.495 e. The number of hydrogen-bond acceptors (Lipinski definition) is 3. The summed E-state index contributed by atoms with van der Waals surface area (Å²) in [5, 5.41) is 3.30. The molecule has 0 bridgehead atoms. The Hall–Kier alpha value is -1.20. The maximum atomic E-state index is 5.78. The number of ether oxygens (including phenoxy) is 1. The van der Waals surface area contributed by atoms with E-state index in [4.69, 9.17) is 10.5 Å². The second-order valence-corrected chi connectivity index (χ2v) is 5.48. The first-order valence-corrected chi connectivity index (χ1v) is 6.84. The van der Waals surface area contributed by atoms with Gasteiger partial charge >= 0.3 is 0 Å². The van der Waals surface area contributed by atoms with Gasteiger partial charge in [0.25, 0.3) is 0 Å². The Morgan fingerprint density at radius 3 is 2.61 bits per heavy atom. The molecule has 0 aromatic heterocycles. The molecule has 0 aliphatic carbocycles. The van der Waals surface area contributed by atoms with E-state index in [-0.39, 0.29) is 0 Å². The van der Waals surface area contributed by atoms with Crippen LogP contribution in [0.3, 0.4) is 0 Å². The monoisotopic (exact) mass is 370 g/mol. The molecule has 5 heteroatoms. The van der Waals surface area contributed by atoms with Crippen LogP contribution in [-0.4, -0.2) is 7.11 Å². The molecule has 94 valence electrons. The van der Waals surface area contributed by atoms with Crippen LogP contribution < -0.4 is 15.8 Å². The third-order valence-corrected chi connectivity index (χ3v) is 3.63. The zero-order valence-electron chi connectivity index (χ0n) is 9.71. The highest BCUT2D eigenvalue weighted by Gasteiger charge is 2.04. The summed E-state index contributed by atoms with van der Waals surface area (Å²) in [6, 6.07) is 11.5. The molecule has 0 unspecified atom stereocenters. The average Bonchev–Trinajstić information content (AvgIpc) is 2.36. The van der Waals surface area contributed by atoms with Gasteiger partial charge in [0.2, 0.25) is 0 Å². The van der Waals surface area contributed by atoms with Gasteiger partial charge in [0.15, 0.2) is 0 Å². The highest BCUT2D eigenvalue weighted by atomic mass is 79.9. The van der Waals surface area contributed by atoms with Crippen molar-refractivity contribution in [3.63, 3.8) is 0 Å². The number of halogens is 2. The largest absolute Gasteiger partial charge is 0.495 e. The molecule has 0 fully saturated rings. The molecule has 3 N–H and O–H groups in total. The number of nitrogens with one attached hydrogen (secondary N) is 1. The van der Waals surface area contributed by atoms with Crippen LogP contribution in [0.5, 0.6) is 5.75 Å². The molecule has 2 rings (SSSR count). The SMILES string of the molecule is COc1cc(Nc2cc(Br)ccc2Br)ccc1N. The number of anilines is 3. The van der Waals surface area contributed by atoms with Crippen LogP contribution in [0.1, 0.15) is 0 Å². The van der Waals surface area contributed by atoms with Crippen molar-refractivity contribution in [2.45, 2.75) is 0 Å². The summed E-state index contributed by atoms with van der Waals surface area (Å²) in [5.41, 5.74) is 8.28. The van der Waals surface area contributed by atoms with Crippen LogP contribution in [0, 0.1) is 0 Å². The van der Waals surface area contributed by atoms with Gasteiger partial charge in [-0.2, -0.15) is 0 Å². The molecule has 0 atom stereocenters. The van der Waals surface area contributed by atoms with E-state index in [0.29, 0.717) is 11.4 Å². The second-order valence-electron chi connectivity index (χ2n) is 3.71. The van der Waals surface area contributed by atoms with Gasteiger partial charge in [0, 0.05) is 20.7 Å². The highest BCUT2D eigenvalue weighted by Crippen LogP contribution is 2.31. The van der Waals surface area contributed by atoms with Crippen molar-refractivity contribution in [2.24, 2.45) is 0 Å². The van der Waals surface area contributed by atoms with Crippen LogP contribution >= 0.6 is 31.9 Å². The molecule has 0 heterocycles. The normalized spacial score (nSPS) is 10.2. The van der Waals surface area contributed by atoms with Crippen LogP contribution in [0.4, 0.5) is 17.1 Å². The quantitative estimate of drug-likeness (QED) is 0.778. The number of nitrogen functional groups attached to an aromatic ring is 1. The summed E-state index contributed by atoms with van der Waals surface area (Å²) in [5.74, 6) is 0.658. The molecule has 0 aliphatic rings. The van der Waals surface area contributed by atoms with Gasteiger partial charge in [0.05, 0.1) is 18.5 Å². The smallest absolute Gasteiger partial charge is 0.143 e. The van der Waals surface area contributed by atoms with Crippen molar-refractivity contribution in [1.29, 1.82) is 0 Å². The average molecular weight is 372 g/mol. The Balaban J connectivity index is 2.31. The summed E-state index contributed by atoms with van der Waals surface area (Å²) in [7, 11) is 1.60. The Morgan fingerprint density at radius 1 is 1.11 bits per heavy atom. The Bertz CT molecular complexity index is 573. The lowest BCUT2D eigenvalue weighted by Gasteiger charge is -2.11. The molecule has 0 amide bonds. The molecular formula is C13H12Br2N2O. The van der Waals surface area contributed by atoms with E-state index in [1.807, 2.05) is 36.4 Å². The van der Waals surface area contributed by atoms with E-state index < -0.39 is 0 Å². The van der Waals surface area contributed by atoms with Gasteiger partial charge in [-0.3, -0.25) is 0 Å². The molecule has 18 heavy (non-hydrogen) atoms. The first-order chi connectivity index (χ1) is 8.60. The summed E-state index contributed by atoms with van der Waals surface area (Å²) >= 11 is 6.94. The summed E-state index contributed by atoms with van der Waals surface area (Å²) < 4.78 is 7.19. The topological polar surface area (TPSA) is 47.3 Å². The first-order valence-electron chi connectivity index (χ1n) is 5.26. The van der Waals surface area contributed by atoms with Gasteiger partial charge in [-0.1, -0.05) is 15.9 Å². The highest BCUT2D eigenvalue weighted by molar-refractivity contribution is 9.11. The summed E-state index contributed by atoms with van der Waals surface area (Å²) in [6.45, 7) is 0. The molecular weight excluding hydrogens is 360 g/mol. The summed E-state index contributed by atoms with van der Waals surface area (Å²) in [6.07, 6.45) is 0. The van der Waals surface area contributed by atoms with Crippen molar-refractivity contribution in [3.05, 3.63) is 45.3 Å². The van der Waals surface area contributed by atoms with Crippen LogP contribution in [0.25, 0.3) is 0 Å². The lowest BCUT2D eigenvalue weighted by atomic mass is 10.2. The van der Waals surface area contributed by atoms with E-state index in [1.54, 1.807) is 7.11 Å². The van der Waals surface area contributed by atoms with Crippen LogP contribution in [0.2, 0.25) is 0 Å². The maximum absolute atomic E-state index is 5.78. The van der Waals surface area contributed by atoms with Gasteiger partial charge in [-0.05, 0) is 46.3 Å². The third kappa shape index (κ3) is 2.97. The van der Waals surface area contributed by atoms with Gasteiger partial charge in [-0.25, -0.2) is 0 Å². The van der Waals surface area contributed by atoms with Crippen molar-refractivity contribution < 1.29 is 4.74 Å². The van der Waals surface area contributed by atoms with Crippen LogP contribution in [-0.2, 0) is 0 Å². The second kappa shape index (κ2) is 5.63. The van der Waals surface area contributed by atoms with Crippen molar-refractivity contribution in [1.82, 2.24) is 0 Å². The van der Waals surface area contributed by atoms with Crippen LogP contribution in [0.15, 0.2) is 45.3 Å². The standard InChI is InChI=1S/C13H12Br2N2O/c1-18-13-7-9(3-5-11(13)16)17-12-6-8(14)2-4-10(12)15/h2-7,17H,16H2,1H3. The zero-order valence-corrected chi connectivity index (χ0v) is 12.9. The number of nitrogens with two attached hydrogens (primary N) is 1. The number of benzene rings is 2. The molecule has 3 nitrogen and oxygen atoms in total. The van der Waals surface area contributed by atoms with Crippen molar-refractivity contribution in [3.8, 4) is 5.75 Å². The molecule has 2 aromatic rings. The molecule has 0 saturated carbocycles. The van der Waals surface area contributed by atoms with E-state index in [2.05, 4.69) is 37.2 Å². The van der Waals surface area contributed by atoms with Gasteiger partial charge in [-0.15, -0.1) is 0 Å². The lowest BCUT2D eigenvalue weighted by molar-refractivity contribution is 0.417. The molecule has 2 aromatic carbocycles. The number of methoxy groups -OCH3 is 1. The predicted octanol–water partition coefficient (Wildman–Crippen LogP) is 4.55. The Labute approximate surface area is 123 Å². The molecule has 0 saturated heterocycles. The maximum Gasteiger partial charge on any atom is 0.143 e. The minimum atomic E-state index is 0.622. The van der Waals surface area contributed by atoms with Gasteiger partial charge in [0.1, 0.15) is 5.75 Å². The van der Waals surface area contributed by atoms with Crippen molar-refractivity contribution in [2.75, 3.05) is 18.2 Å². The Morgan fingerprint density at radius 2 is 1.89 bits per heavy atom. The third-order valence-electron chi connectivity index (χ3n) is 2.44.